The third-order valence-corrected chi connectivity index (χ3v) is 5.02. The number of anilines is 1. The molecule has 7 heteroatoms. The maximum Gasteiger partial charge on any atom is 0.336 e. The maximum absolute atomic E-state index is 12.2. The van der Waals surface area contributed by atoms with Crippen molar-refractivity contribution in [2.24, 2.45) is 0 Å². The number of ether oxygens (including phenoxy) is 1. The predicted octanol–water partition coefficient (Wildman–Crippen LogP) is 4.04. The molecule has 4 rings (SSSR count). The zero-order valence-corrected chi connectivity index (χ0v) is 15.6. The molecule has 0 spiro atoms. The van der Waals surface area contributed by atoms with E-state index in [2.05, 4.69) is 10.3 Å². The van der Waals surface area contributed by atoms with E-state index >= 15 is 0 Å². The van der Waals surface area contributed by atoms with Gasteiger partial charge in [0.05, 0.1) is 10.2 Å². The summed E-state index contributed by atoms with van der Waals surface area (Å²) >= 11 is 1.42. The van der Waals surface area contributed by atoms with Gasteiger partial charge in [-0.15, -0.1) is 0 Å². The second kappa shape index (κ2) is 6.85. The lowest BCUT2D eigenvalue weighted by Crippen LogP contribution is -2.20. The molecule has 136 valence electrons. The van der Waals surface area contributed by atoms with Crippen LogP contribution in [0, 0.1) is 13.8 Å². The first kappa shape index (κ1) is 17.2. The first-order chi connectivity index (χ1) is 13.0. The summed E-state index contributed by atoms with van der Waals surface area (Å²) in [6.45, 7) is 3.68. The number of carbonyl (C=O) groups is 1. The lowest BCUT2D eigenvalue weighted by molar-refractivity contribution is -0.118. The molecule has 0 fully saturated rings. The highest BCUT2D eigenvalue weighted by Gasteiger charge is 2.10. The van der Waals surface area contributed by atoms with Gasteiger partial charge in [-0.05, 0) is 49.2 Å². The van der Waals surface area contributed by atoms with Crippen LogP contribution in [0.5, 0.6) is 5.75 Å². The standard InChI is InChI=1S/C20H16N2O4S/c1-11-3-6-15-17(7-11)27-20(21-15)22-18(23)10-25-13-4-5-14-12(2)8-19(24)26-16(14)9-13/h3-9H,10H2,1-2H3,(H,21,22,23). The number of carbonyl (C=O) groups excluding carboxylic acids is 1. The summed E-state index contributed by atoms with van der Waals surface area (Å²) in [6.07, 6.45) is 0. The molecule has 0 saturated heterocycles. The Morgan fingerprint density at radius 3 is 2.89 bits per heavy atom. The van der Waals surface area contributed by atoms with E-state index in [4.69, 9.17) is 9.15 Å². The average molecular weight is 380 g/mol. The van der Waals surface area contributed by atoms with Crippen LogP contribution in [0.1, 0.15) is 11.1 Å². The molecule has 2 aromatic heterocycles. The number of hydrogen-bond donors (Lipinski definition) is 1. The molecule has 0 unspecified atom stereocenters. The highest BCUT2D eigenvalue weighted by Crippen LogP contribution is 2.27. The second-order valence-corrected chi connectivity index (χ2v) is 7.26. The molecule has 0 bridgehead atoms. The summed E-state index contributed by atoms with van der Waals surface area (Å²) < 4.78 is 11.7. The van der Waals surface area contributed by atoms with Crippen molar-refractivity contribution in [3.8, 4) is 5.75 Å². The first-order valence-corrected chi connectivity index (χ1v) is 9.14. The van der Waals surface area contributed by atoms with Gasteiger partial charge in [-0.25, -0.2) is 9.78 Å². The minimum Gasteiger partial charge on any atom is -0.484 e. The number of aromatic nitrogens is 1. The Labute approximate surface area is 158 Å². The monoisotopic (exact) mass is 380 g/mol. The fraction of sp³-hybridized carbons (Fsp3) is 0.150. The third-order valence-electron chi connectivity index (χ3n) is 4.08. The fourth-order valence-electron chi connectivity index (χ4n) is 2.78. The lowest BCUT2D eigenvalue weighted by Gasteiger charge is -2.07. The molecule has 0 aliphatic heterocycles. The molecule has 2 heterocycles. The summed E-state index contributed by atoms with van der Waals surface area (Å²) in [6, 6.07) is 12.5. The van der Waals surface area contributed by atoms with Gasteiger partial charge in [0.15, 0.2) is 11.7 Å². The van der Waals surface area contributed by atoms with Crippen LogP contribution in [-0.4, -0.2) is 17.5 Å². The molecule has 0 aliphatic carbocycles. The molecule has 0 atom stereocenters. The molecule has 27 heavy (non-hydrogen) atoms. The van der Waals surface area contributed by atoms with Gasteiger partial charge >= 0.3 is 5.63 Å². The van der Waals surface area contributed by atoms with Crippen LogP contribution in [0.4, 0.5) is 5.13 Å². The van der Waals surface area contributed by atoms with Crippen molar-refractivity contribution >= 4 is 43.6 Å². The summed E-state index contributed by atoms with van der Waals surface area (Å²) in [5.74, 6) is 0.142. The number of hydrogen-bond acceptors (Lipinski definition) is 6. The normalized spacial score (nSPS) is 11.0. The van der Waals surface area contributed by atoms with Crippen LogP contribution in [0.15, 0.2) is 51.7 Å². The zero-order chi connectivity index (χ0) is 19.0. The Balaban J connectivity index is 1.45. The molecular weight excluding hydrogens is 364 g/mol. The van der Waals surface area contributed by atoms with E-state index in [0.717, 1.165) is 26.7 Å². The van der Waals surface area contributed by atoms with Gasteiger partial charge in [0.1, 0.15) is 11.3 Å². The Bertz CT molecular complexity index is 1230. The van der Waals surface area contributed by atoms with E-state index in [1.54, 1.807) is 18.2 Å². The van der Waals surface area contributed by atoms with Crippen LogP contribution >= 0.6 is 11.3 Å². The van der Waals surface area contributed by atoms with E-state index in [-0.39, 0.29) is 12.5 Å². The summed E-state index contributed by atoms with van der Waals surface area (Å²) in [7, 11) is 0. The van der Waals surface area contributed by atoms with Crippen molar-refractivity contribution in [3.05, 3.63) is 64.0 Å². The number of rotatable bonds is 4. The Morgan fingerprint density at radius 1 is 1.19 bits per heavy atom. The molecule has 0 aliphatic rings. The SMILES string of the molecule is Cc1ccc2nc(NC(=O)COc3ccc4c(C)cc(=O)oc4c3)sc2c1. The van der Waals surface area contributed by atoms with Crippen LogP contribution < -0.4 is 15.7 Å². The quantitative estimate of drug-likeness (QED) is 0.541. The molecule has 2 aromatic carbocycles. The van der Waals surface area contributed by atoms with E-state index in [1.807, 2.05) is 32.0 Å². The van der Waals surface area contributed by atoms with E-state index in [0.29, 0.717) is 16.5 Å². The van der Waals surface area contributed by atoms with Gasteiger partial charge < -0.3 is 9.15 Å². The fourth-order valence-corrected chi connectivity index (χ4v) is 3.76. The van der Waals surface area contributed by atoms with Gasteiger partial charge in [-0.2, -0.15) is 0 Å². The summed E-state index contributed by atoms with van der Waals surface area (Å²) in [4.78, 5) is 28.1. The molecule has 1 N–H and O–H groups in total. The third kappa shape index (κ3) is 3.68. The maximum atomic E-state index is 12.2. The molecule has 0 saturated carbocycles. The number of amides is 1. The van der Waals surface area contributed by atoms with Crippen molar-refractivity contribution in [2.45, 2.75) is 13.8 Å². The van der Waals surface area contributed by atoms with Gasteiger partial charge in [0, 0.05) is 17.5 Å². The Morgan fingerprint density at radius 2 is 2.04 bits per heavy atom. The number of fused-ring (bicyclic) bond motifs is 2. The highest BCUT2D eigenvalue weighted by molar-refractivity contribution is 7.22. The number of nitrogens with zero attached hydrogens (tertiary/aromatic N) is 1. The van der Waals surface area contributed by atoms with Crippen molar-refractivity contribution in [3.63, 3.8) is 0 Å². The topological polar surface area (TPSA) is 81.4 Å². The zero-order valence-electron chi connectivity index (χ0n) is 14.7. The molecule has 6 nitrogen and oxygen atoms in total. The van der Waals surface area contributed by atoms with Crippen LogP contribution in [-0.2, 0) is 4.79 Å². The van der Waals surface area contributed by atoms with Crippen molar-refractivity contribution in [1.29, 1.82) is 0 Å². The van der Waals surface area contributed by atoms with Crippen molar-refractivity contribution in [2.75, 3.05) is 11.9 Å². The molecular formula is C20H16N2O4S. The Kier molecular flexibility index (Phi) is 4.37. The lowest BCUT2D eigenvalue weighted by atomic mass is 10.1. The molecule has 0 radical (unpaired) electrons. The second-order valence-electron chi connectivity index (χ2n) is 6.23. The number of nitrogens with one attached hydrogen (secondary N) is 1. The van der Waals surface area contributed by atoms with E-state index < -0.39 is 5.63 Å². The number of thiazole rings is 1. The predicted molar refractivity (Wildman–Crippen MR) is 106 cm³/mol. The van der Waals surface area contributed by atoms with Gasteiger partial charge in [0.25, 0.3) is 5.91 Å². The van der Waals surface area contributed by atoms with Crippen molar-refractivity contribution in [1.82, 2.24) is 4.98 Å². The van der Waals surface area contributed by atoms with Gasteiger partial charge in [-0.3, -0.25) is 10.1 Å². The smallest absolute Gasteiger partial charge is 0.336 e. The molecule has 1 amide bonds. The molecule has 4 aromatic rings. The van der Waals surface area contributed by atoms with E-state index in [9.17, 15) is 9.59 Å². The largest absolute Gasteiger partial charge is 0.484 e. The minimum atomic E-state index is -0.416. The number of benzene rings is 2. The van der Waals surface area contributed by atoms with Gasteiger partial charge in [-0.1, -0.05) is 17.4 Å². The number of aryl methyl sites for hydroxylation is 2. The highest BCUT2D eigenvalue weighted by atomic mass is 32.1. The van der Waals surface area contributed by atoms with Gasteiger partial charge in [0.2, 0.25) is 0 Å². The Hall–Kier alpha value is -3.19. The summed E-state index contributed by atoms with van der Waals surface area (Å²) in [5, 5.41) is 4.11. The minimum absolute atomic E-state index is 0.170. The summed E-state index contributed by atoms with van der Waals surface area (Å²) in [5.41, 5.74) is 2.84. The van der Waals surface area contributed by atoms with Crippen molar-refractivity contribution < 1.29 is 13.9 Å². The van der Waals surface area contributed by atoms with E-state index in [1.165, 1.54) is 17.4 Å². The van der Waals surface area contributed by atoms with Crippen LogP contribution in [0.3, 0.4) is 0 Å². The van der Waals surface area contributed by atoms with Crippen LogP contribution in [0.2, 0.25) is 0 Å². The first-order valence-electron chi connectivity index (χ1n) is 8.32. The average Bonchev–Trinajstić information content (AvgIpc) is 3.00. The van der Waals surface area contributed by atoms with Crippen LogP contribution in [0.25, 0.3) is 21.2 Å².